The van der Waals surface area contributed by atoms with Gasteiger partial charge in [-0.2, -0.15) is 4.98 Å². The van der Waals surface area contributed by atoms with E-state index in [-0.39, 0.29) is 19.0 Å². The largest absolute Gasteiger partial charge is 0.485 e. The lowest BCUT2D eigenvalue weighted by atomic mass is 10.0. The fourth-order valence-electron chi connectivity index (χ4n) is 2.72. The van der Waals surface area contributed by atoms with Crippen LogP contribution in [0.2, 0.25) is 0 Å². The molecule has 25 heavy (non-hydrogen) atoms. The number of rotatable bonds is 7. The number of esters is 1. The molecule has 1 N–H and O–H groups in total. The number of nitrogens with one attached hydrogen (secondary N) is 1. The van der Waals surface area contributed by atoms with E-state index in [0.29, 0.717) is 28.9 Å². The summed E-state index contributed by atoms with van der Waals surface area (Å²) in [6, 6.07) is 6.79. The lowest BCUT2D eigenvalue weighted by Gasteiger charge is -2.05. The molecule has 1 unspecified atom stereocenters. The van der Waals surface area contributed by atoms with E-state index >= 15 is 0 Å². The number of benzene rings is 1. The zero-order valence-electron chi connectivity index (χ0n) is 14.1. The van der Waals surface area contributed by atoms with Gasteiger partial charge in [0.25, 0.3) is 0 Å². The fourth-order valence-corrected chi connectivity index (χ4v) is 2.72. The molecule has 1 aliphatic rings. The van der Waals surface area contributed by atoms with E-state index in [4.69, 9.17) is 9.26 Å². The van der Waals surface area contributed by atoms with E-state index in [2.05, 4.69) is 20.2 Å². The van der Waals surface area contributed by atoms with Crippen LogP contribution >= 0.6 is 12.4 Å². The van der Waals surface area contributed by atoms with Crippen LogP contribution in [0.1, 0.15) is 34.9 Å². The topological polar surface area (TPSA) is 86.5 Å². The summed E-state index contributed by atoms with van der Waals surface area (Å²) in [6.07, 6.45) is 3.05. The molecule has 1 saturated heterocycles. The number of methoxy groups -OCH3 is 1. The summed E-state index contributed by atoms with van der Waals surface area (Å²) < 4.78 is 15.6. The second-order valence-corrected chi connectivity index (χ2v) is 5.81. The van der Waals surface area contributed by atoms with Gasteiger partial charge < -0.3 is 19.3 Å². The standard InChI is InChI=1S/C17H21N3O4.ClH/c1-22-17(21)13-3-2-4-14(9-13)23-11-15-19-16(24-20-15)6-5-12-7-8-18-10-12;/h2-4,9,12,18H,5-8,10-11H2,1H3;1H. The molecule has 1 fully saturated rings. The lowest BCUT2D eigenvalue weighted by Crippen LogP contribution is -2.09. The Bertz CT molecular complexity index is 686. The first kappa shape index (κ1) is 19.2. The molecular weight excluding hydrogens is 346 g/mol. The molecular formula is C17H22ClN3O4. The van der Waals surface area contributed by atoms with Crippen LogP contribution in [0.25, 0.3) is 0 Å². The predicted octanol–water partition coefficient (Wildman–Crippen LogP) is 2.40. The van der Waals surface area contributed by atoms with Crippen LogP contribution in [0.3, 0.4) is 0 Å². The van der Waals surface area contributed by atoms with Gasteiger partial charge in [-0.05, 0) is 50.0 Å². The van der Waals surface area contributed by atoms with Crippen molar-refractivity contribution in [1.29, 1.82) is 0 Å². The van der Waals surface area contributed by atoms with Crippen molar-refractivity contribution < 1.29 is 18.8 Å². The second-order valence-electron chi connectivity index (χ2n) is 5.81. The van der Waals surface area contributed by atoms with Crippen molar-refractivity contribution in [2.45, 2.75) is 25.9 Å². The van der Waals surface area contributed by atoms with Gasteiger partial charge in [0.1, 0.15) is 5.75 Å². The highest BCUT2D eigenvalue weighted by atomic mass is 35.5. The average Bonchev–Trinajstić information content (AvgIpc) is 3.29. The van der Waals surface area contributed by atoms with E-state index in [0.717, 1.165) is 25.9 Å². The van der Waals surface area contributed by atoms with Gasteiger partial charge in [-0.15, -0.1) is 12.4 Å². The van der Waals surface area contributed by atoms with Gasteiger partial charge in [-0.25, -0.2) is 4.79 Å². The Morgan fingerprint density at radius 2 is 2.32 bits per heavy atom. The van der Waals surface area contributed by atoms with Gasteiger partial charge in [0, 0.05) is 6.42 Å². The molecule has 1 aromatic heterocycles. The maximum absolute atomic E-state index is 11.5. The molecule has 0 saturated carbocycles. The Morgan fingerprint density at radius 3 is 3.08 bits per heavy atom. The minimum atomic E-state index is -0.399. The summed E-state index contributed by atoms with van der Waals surface area (Å²) >= 11 is 0. The Morgan fingerprint density at radius 1 is 1.44 bits per heavy atom. The molecule has 8 heteroatoms. The highest BCUT2D eigenvalue weighted by molar-refractivity contribution is 5.89. The number of ether oxygens (including phenoxy) is 2. The van der Waals surface area contributed by atoms with E-state index < -0.39 is 5.97 Å². The molecule has 0 spiro atoms. The zero-order chi connectivity index (χ0) is 16.8. The lowest BCUT2D eigenvalue weighted by molar-refractivity contribution is 0.0600. The number of nitrogens with zero attached hydrogens (tertiary/aromatic N) is 2. The number of carbonyl (C=O) groups is 1. The highest BCUT2D eigenvalue weighted by Crippen LogP contribution is 2.17. The van der Waals surface area contributed by atoms with Crippen molar-refractivity contribution in [1.82, 2.24) is 15.5 Å². The third-order valence-corrected chi connectivity index (χ3v) is 4.06. The summed E-state index contributed by atoms with van der Waals surface area (Å²) in [7, 11) is 1.35. The monoisotopic (exact) mass is 367 g/mol. The van der Waals surface area contributed by atoms with Crippen LogP contribution in [0.5, 0.6) is 5.75 Å². The van der Waals surface area contributed by atoms with Crippen LogP contribution in [0, 0.1) is 5.92 Å². The normalized spacial score (nSPS) is 16.3. The minimum absolute atomic E-state index is 0. The Balaban J connectivity index is 0.00000225. The first-order valence-electron chi connectivity index (χ1n) is 8.08. The van der Waals surface area contributed by atoms with E-state index in [1.54, 1.807) is 24.3 Å². The smallest absolute Gasteiger partial charge is 0.337 e. The van der Waals surface area contributed by atoms with Gasteiger partial charge in [0.15, 0.2) is 6.61 Å². The van der Waals surface area contributed by atoms with Crippen molar-refractivity contribution in [3.05, 3.63) is 41.5 Å². The van der Waals surface area contributed by atoms with E-state index in [1.807, 2.05) is 0 Å². The Labute approximate surface area is 152 Å². The summed E-state index contributed by atoms with van der Waals surface area (Å²) in [5.41, 5.74) is 0.439. The van der Waals surface area contributed by atoms with Gasteiger partial charge in [0.2, 0.25) is 11.7 Å². The van der Waals surface area contributed by atoms with Gasteiger partial charge in [-0.1, -0.05) is 11.2 Å². The molecule has 3 rings (SSSR count). The summed E-state index contributed by atoms with van der Waals surface area (Å²) in [5, 5.41) is 7.28. The van der Waals surface area contributed by atoms with Gasteiger partial charge in [-0.3, -0.25) is 0 Å². The molecule has 136 valence electrons. The maximum Gasteiger partial charge on any atom is 0.337 e. The Hall–Kier alpha value is -2.12. The van der Waals surface area contributed by atoms with Crippen LogP contribution in [-0.2, 0) is 17.8 Å². The molecule has 0 amide bonds. The average molecular weight is 368 g/mol. The summed E-state index contributed by atoms with van der Waals surface area (Å²) in [6.45, 7) is 2.36. The van der Waals surface area contributed by atoms with Crippen LogP contribution < -0.4 is 10.1 Å². The highest BCUT2D eigenvalue weighted by Gasteiger charge is 2.16. The molecule has 2 heterocycles. The molecule has 2 aromatic rings. The van der Waals surface area contributed by atoms with Crippen LogP contribution in [0.4, 0.5) is 0 Å². The maximum atomic E-state index is 11.5. The number of hydrogen-bond acceptors (Lipinski definition) is 7. The van der Waals surface area contributed by atoms with Crippen molar-refractivity contribution in [3.63, 3.8) is 0 Å². The third-order valence-electron chi connectivity index (χ3n) is 4.06. The van der Waals surface area contributed by atoms with Gasteiger partial charge >= 0.3 is 5.97 Å². The first-order valence-corrected chi connectivity index (χ1v) is 8.08. The van der Waals surface area contributed by atoms with Crippen molar-refractivity contribution in [3.8, 4) is 5.75 Å². The Kier molecular flexibility index (Phi) is 7.21. The quantitative estimate of drug-likeness (QED) is 0.752. The number of hydrogen-bond donors (Lipinski definition) is 1. The molecule has 1 aliphatic heterocycles. The van der Waals surface area contributed by atoms with Crippen molar-refractivity contribution in [2.24, 2.45) is 5.92 Å². The van der Waals surface area contributed by atoms with E-state index in [1.165, 1.54) is 13.5 Å². The number of carbonyl (C=O) groups excluding carboxylic acids is 1. The number of aryl methyl sites for hydroxylation is 1. The molecule has 1 atom stereocenters. The zero-order valence-corrected chi connectivity index (χ0v) is 14.9. The fraction of sp³-hybridized carbons (Fsp3) is 0.471. The second kappa shape index (κ2) is 9.39. The molecule has 0 aliphatic carbocycles. The van der Waals surface area contributed by atoms with Crippen LogP contribution in [-0.4, -0.2) is 36.3 Å². The molecule has 7 nitrogen and oxygen atoms in total. The molecule has 1 aromatic carbocycles. The number of aromatic nitrogens is 2. The molecule has 0 radical (unpaired) electrons. The summed E-state index contributed by atoms with van der Waals surface area (Å²) in [4.78, 5) is 15.8. The third kappa shape index (κ3) is 5.44. The SMILES string of the molecule is COC(=O)c1cccc(OCc2noc(CCC3CCNC3)n2)c1.Cl. The first-order chi connectivity index (χ1) is 11.7. The van der Waals surface area contributed by atoms with Crippen LogP contribution in [0.15, 0.2) is 28.8 Å². The van der Waals surface area contributed by atoms with Crippen molar-refractivity contribution >= 4 is 18.4 Å². The van der Waals surface area contributed by atoms with Gasteiger partial charge in [0.05, 0.1) is 12.7 Å². The number of halogens is 1. The molecule has 0 bridgehead atoms. The summed E-state index contributed by atoms with van der Waals surface area (Å²) in [5.74, 6) is 1.99. The van der Waals surface area contributed by atoms with Crippen molar-refractivity contribution in [2.75, 3.05) is 20.2 Å². The predicted molar refractivity (Wildman–Crippen MR) is 93.0 cm³/mol. The van der Waals surface area contributed by atoms with E-state index in [9.17, 15) is 4.79 Å². The minimum Gasteiger partial charge on any atom is -0.485 e.